The second-order valence-electron chi connectivity index (χ2n) is 4.43. The Hall–Kier alpha value is -0.860. The number of carbonyl (C=O) groups is 1. The summed E-state index contributed by atoms with van der Waals surface area (Å²) in [6, 6.07) is 7.14. The number of hydrogen-bond acceptors (Lipinski definition) is 2. The molecular weight excluding hydrogens is 222 g/mol. The van der Waals surface area contributed by atoms with Gasteiger partial charge in [0.15, 0.2) is 5.78 Å². The summed E-state index contributed by atoms with van der Waals surface area (Å²) in [4.78, 5) is 12.2. The first-order chi connectivity index (χ1) is 7.68. The molecule has 0 amide bonds. The van der Waals surface area contributed by atoms with Crippen molar-refractivity contribution in [3.05, 3.63) is 34.9 Å². The van der Waals surface area contributed by atoms with Gasteiger partial charge < -0.3 is 5.73 Å². The Morgan fingerprint density at radius 2 is 2.06 bits per heavy atom. The Morgan fingerprint density at radius 1 is 1.31 bits per heavy atom. The van der Waals surface area contributed by atoms with Crippen LogP contribution in [0, 0.1) is 5.92 Å². The smallest absolute Gasteiger partial charge is 0.167 e. The van der Waals surface area contributed by atoms with E-state index in [9.17, 15) is 4.79 Å². The molecule has 1 fully saturated rings. The fourth-order valence-corrected chi connectivity index (χ4v) is 2.53. The second-order valence-corrected chi connectivity index (χ2v) is 4.87. The van der Waals surface area contributed by atoms with Crippen LogP contribution < -0.4 is 5.73 Å². The average Bonchev–Trinajstić information content (AvgIpc) is 2.29. The second kappa shape index (κ2) is 4.98. The maximum atomic E-state index is 12.2. The van der Waals surface area contributed by atoms with Gasteiger partial charge in [-0.3, -0.25) is 4.79 Å². The van der Waals surface area contributed by atoms with Crippen LogP contribution in [0.5, 0.6) is 0 Å². The first kappa shape index (κ1) is 11.6. The Balaban J connectivity index is 2.17. The third-order valence-electron chi connectivity index (χ3n) is 3.27. The van der Waals surface area contributed by atoms with E-state index in [0.717, 1.165) is 25.7 Å². The highest BCUT2D eigenvalue weighted by Gasteiger charge is 2.28. The molecule has 16 heavy (non-hydrogen) atoms. The van der Waals surface area contributed by atoms with E-state index in [1.807, 2.05) is 12.1 Å². The third kappa shape index (κ3) is 2.45. The Morgan fingerprint density at radius 3 is 2.75 bits per heavy atom. The summed E-state index contributed by atoms with van der Waals surface area (Å²) in [5.41, 5.74) is 6.69. The molecule has 0 saturated heterocycles. The van der Waals surface area contributed by atoms with E-state index in [0.29, 0.717) is 10.6 Å². The largest absolute Gasteiger partial charge is 0.327 e. The zero-order valence-electron chi connectivity index (χ0n) is 9.16. The van der Waals surface area contributed by atoms with Gasteiger partial charge in [0.1, 0.15) is 0 Å². The summed E-state index contributed by atoms with van der Waals surface area (Å²) in [6.07, 6.45) is 4.11. The van der Waals surface area contributed by atoms with Crippen LogP contribution in [0.2, 0.25) is 5.02 Å². The Kier molecular flexibility index (Phi) is 3.62. The van der Waals surface area contributed by atoms with Crippen LogP contribution in [0.3, 0.4) is 0 Å². The lowest BCUT2D eigenvalue weighted by molar-refractivity contribution is 0.0871. The van der Waals surface area contributed by atoms with Crippen molar-refractivity contribution < 1.29 is 4.79 Å². The molecule has 2 rings (SSSR count). The molecule has 1 aromatic carbocycles. The van der Waals surface area contributed by atoms with Gasteiger partial charge in [-0.2, -0.15) is 0 Å². The predicted octanol–water partition coefficient (Wildman–Crippen LogP) is 3.04. The van der Waals surface area contributed by atoms with Gasteiger partial charge in [-0.1, -0.05) is 36.6 Å². The maximum absolute atomic E-state index is 12.2. The summed E-state index contributed by atoms with van der Waals surface area (Å²) >= 11 is 5.88. The van der Waals surface area contributed by atoms with Crippen LogP contribution in [0.15, 0.2) is 24.3 Å². The van der Waals surface area contributed by atoms with E-state index in [1.165, 1.54) is 0 Å². The van der Waals surface area contributed by atoms with E-state index >= 15 is 0 Å². The molecule has 0 radical (unpaired) electrons. The molecule has 86 valence electrons. The molecule has 1 aliphatic carbocycles. The lowest BCUT2D eigenvalue weighted by atomic mass is 9.80. The van der Waals surface area contributed by atoms with E-state index in [4.69, 9.17) is 17.3 Å². The van der Waals surface area contributed by atoms with Gasteiger partial charge >= 0.3 is 0 Å². The van der Waals surface area contributed by atoms with Crippen molar-refractivity contribution in [3.8, 4) is 0 Å². The molecule has 2 atom stereocenters. The standard InChI is InChI=1S/C13H16ClNO/c14-10-5-3-4-9(8-10)13(16)11-6-1-2-7-12(11)15/h3-5,8,11-12H,1-2,6-7,15H2. The maximum Gasteiger partial charge on any atom is 0.167 e. The fourth-order valence-electron chi connectivity index (χ4n) is 2.34. The highest BCUT2D eigenvalue weighted by atomic mass is 35.5. The molecule has 2 N–H and O–H groups in total. The monoisotopic (exact) mass is 237 g/mol. The number of rotatable bonds is 2. The van der Waals surface area contributed by atoms with Crippen molar-refractivity contribution in [1.82, 2.24) is 0 Å². The predicted molar refractivity (Wildman–Crippen MR) is 65.7 cm³/mol. The van der Waals surface area contributed by atoms with Gasteiger partial charge in [0, 0.05) is 22.5 Å². The molecular formula is C13H16ClNO. The number of nitrogens with two attached hydrogens (primary N) is 1. The van der Waals surface area contributed by atoms with Crippen LogP contribution >= 0.6 is 11.6 Å². The highest BCUT2D eigenvalue weighted by Crippen LogP contribution is 2.26. The first-order valence-electron chi connectivity index (χ1n) is 5.74. The summed E-state index contributed by atoms with van der Waals surface area (Å²) < 4.78 is 0. The quantitative estimate of drug-likeness (QED) is 0.804. The number of carbonyl (C=O) groups excluding carboxylic acids is 1. The topological polar surface area (TPSA) is 43.1 Å². The van der Waals surface area contributed by atoms with E-state index in [2.05, 4.69) is 0 Å². The molecule has 3 heteroatoms. The van der Waals surface area contributed by atoms with Gasteiger partial charge in [-0.05, 0) is 25.0 Å². The zero-order valence-corrected chi connectivity index (χ0v) is 9.91. The normalized spacial score (nSPS) is 25.4. The minimum Gasteiger partial charge on any atom is -0.327 e. The van der Waals surface area contributed by atoms with Crippen LogP contribution in [-0.4, -0.2) is 11.8 Å². The molecule has 0 heterocycles. The van der Waals surface area contributed by atoms with Gasteiger partial charge in [0.05, 0.1) is 0 Å². The Labute approximate surface area is 101 Å². The minimum atomic E-state index is -0.0211. The summed E-state index contributed by atoms with van der Waals surface area (Å²) in [6.45, 7) is 0. The van der Waals surface area contributed by atoms with E-state index in [-0.39, 0.29) is 17.7 Å². The summed E-state index contributed by atoms with van der Waals surface area (Å²) in [7, 11) is 0. The van der Waals surface area contributed by atoms with Gasteiger partial charge in [0.2, 0.25) is 0 Å². The lowest BCUT2D eigenvalue weighted by Crippen LogP contribution is -2.38. The van der Waals surface area contributed by atoms with Crippen molar-refractivity contribution in [1.29, 1.82) is 0 Å². The highest BCUT2D eigenvalue weighted by molar-refractivity contribution is 6.31. The zero-order chi connectivity index (χ0) is 11.5. The SMILES string of the molecule is NC1CCCCC1C(=O)c1cccc(Cl)c1. The molecule has 2 unspecified atom stereocenters. The third-order valence-corrected chi connectivity index (χ3v) is 3.50. The van der Waals surface area contributed by atoms with Crippen LogP contribution in [0.1, 0.15) is 36.0 Å². The van der Waals surface area contributed by atoms with Gasteiger partial charge in [0.25, 0.3) is 0 Å². The van der Waals surface area contributed by atoms with E-state index < -0.39 is 0 Å². The number of benzene rings is 1. The fraction of sp³-hybridized carbons (Fsp3) is 0.462. The molecule has 0 bridgehead atoms. The molecule has 1 saturated carbocycles. The average molecular weight is 238 g/mol. The first-order valence-corrected chi connectivity index (χ1v) is 6.11. The number of halogens is 1. The molecule has 2 nitrogen and oxygen atoms in total. The van der Waals surface area contributed by atoms with Crippen LogP contribution in [0.4, 0.5) is 0 Å². The molecule has 0 spiro atoms. The van der Waals surface area contributed by atoms with Crippen molar-refractivity contribution in [2.75, 3.05) is 0 Å². The molecule has 0 aliphatic heterocycles. The lowest BCUT2D eigenvalue weighted by Gasteiger charge is -2.27. The van der Waals surface area contributed by atoms with Crippen LogP contribution in [0.25, 0.3) is 0 Å². The van der Waals surface area contributed by atoms with Crippen molar-refractivity contribution in [2.24, 2.45) is 11.7 Å². The molecule has 1 aromatic rings. The Bertz CT molecular complexity index is 391. The van der Waals surface area contributed by atoms with E-state index in [1.54, 1.807) is 12.1 Å². The van der Waals surface area contributed by atoms with Crippen molar-refractivity contribution in [2.45, 2.75) is 31.7 Å². The van der Waals surface area contributed by atoms with Crippen molar-refractivity contribution in [3.63, 3.8) is 0 Å². The number of hydrogen-bond donors (Lipinski definition) is 1. The van der Waals surface area contributed by atoms with Crippen LogP contribution in [-0.2, 0) is 0 Å². The van der Waals surface area contributed by atoms with Gasteiger partial charge in [-0.25, -0.2) is 0 Å². The summed E-state index contributed by atoms with van der Waals surface area (Å²) in [5, 5.41) is 0.607. The van der Waals surface area contributed by atoms with Crippen molar-refractivity contribution >= 4 is 17.4 Å². The van der Waals surface area contributed by atoms with Gasteiger partial charge in [-0.15, -0.1) is 0 Å². The number of Topliss-reactive ketones (excluding diaryl/α,β-unsaturated/α-hetero) is 1. The number of ketones is 1. The minimum absolute atomic E-state index is 0.0141. The summed E-state index contributed by atoms with van der Waals surface area (Å²) in [5.74, 6) is 0.127. The molecule has 1 aliphatic rings. The molecule has 0 aromatic heterocycles.